The molecule has 1 aromatic heterocycles. The Morgan fingerprint density at radius 2 is 1.69 bits per heavy atom. The molecule has 0 aliphatic rings. The number of hydrogen-bond acceptors (Lipinski definition) is 4. The van der Waals surface area contributed by atoms with E-state index in [-0.39, 0.29) is 17.5 Å². The van der Waals surface area contributed by atoms with E-state index in [0.29, 0.717) is 40.4 Å². The Hall–Kier alpha value is -4.07. The number of benzene rings is 4. The number of carboxylic acids is 1. The molecule has 0 aliphatic carbocycles. The van der Waals surface area contributed by atoms with E-state index >= 15 is 0 Å². The van der Waals surface area contributed by atoms with Gasteiger partial charge in [0.15, 0.2) is 0 Å². The highest BCUT2D eigenvalue weighted by atomic mass is 35.5. The smallest absolute Gasteiger partial charge is 0.336 e. The molecule has 6 nitrogen and oxygen atoms in total. The van der Waals surface area contributed by atoms with Crippen LogP contribution in [0.3, 0.4) is 0 Å². The van der Waals surface area contributed by atoms with Crippen molar-refractivity contribution in [2.45, 2.75) is 38.8 Å². The minimum atomic E-state index is -0.957. The van der Waals surface area contributed by atoms with Crippen molar-refractivity contribution in [3.05, 3.63) is 124 Å². The SMILES string of the molecule is CCCc1nc2c(Cl)cc(C(=O)N[C@@H](CS)Cc3ccccc3)cc2n1Cc1ccc(-c2ccccc2C(=O)O)cc1. The molecule has 42 heavy (non-hydrogen) atoms. The van der Waals surface area contributed by atoms with Gasteiger partial charge in [-0.05, 0) is 53.3 Å². The predicted octanol–water partition coefficient (Wildman–Crippen LogP) is 7.33. The summed E-state index contributed by atoms with van der Waals surface area (Å²) in [5.41, 5.74) is 5.85. The number of nitrogens with one attached hydrogen (secondary N) is 1. The van der Waals surface area contributed by atoms with Crippen LogP contribution < -0.4 is 5.32 Å². The van der Waals surface area contributed by atoms with Crippen molar-refractivity contribution < 1.29 is 14.7 Å². The number of hydrogen-bond donors (Lipinski definition) is 3. The number of carboxylic acid groups (broad SMARTS) is 1. The molecule has 0 unspecified atom stereocenters. The van der Waals surface area contributed by atoms with E-state index in [9.17, 15) is 14.7 Å². The van der Waals surface area contributed by atoms with Crippen molar-refractivity contribution in [3.63, 3.8) is 0 Å². The van der Waals surface area contributed by atoms with E-state index in [2.05, 4.69) is 29.4 Å². The van der Waals surface area contributed by atoms with Crippen LogP contribution in [-0.4, -0.2) is 38.3 Å². The highest BCUT2D eigenvalue weighted by Gasteiger charge is 2.19. The lowest BCUT2D eigenvalue weighted by atomic mass is 9.99. The second kappa shape index (κ2) is 13.3. The number of aryl methyl sites for hydroxylation is 1. The molecule has 1 amide bonds. The number of fused-ring (bicyclic) bond motifs is 1. The summed E-state index contributed by atoms with van der Waals surface area (Å²) in [6.45, 7) is 2.63. The molecule has 1 atom stereocenters. The summed E-state index contributed by atoms with van der Waals surface area (Å²) in [6.07, 6.45) is 2.34. The number of thiol groups is 1. The molecule has 0 aliphatic heterocycles. The van der Waals surface area contributed by atoms with Crippen LogP contribution in [0.15, 0.2) is 91.0 Å². The lowest BCUT2D eigenvalue weighted by Gasteiger charge is -2.17. The van der Waals surface area contributed by atoms with Gasteiger partial charge in [-0.15, -0.1) is 0 Å². The zero-order valence-electron chi connectivity index (χ0n) is 23.3. The van der Waals surface area contributed by atoms with Gasteiger partial charge in [-0.25, -0.2) is 9.78 Å². The molecule has 214 valence electrons. The van der Waals surface area contributed by atoms with Gasteiger partial charge in [-0.2, -0.15) is 12.6 Å². The Balaban J connectivity index is 1.44. The third-order valence-electron chi connectivity index (χ3n) is 7.27. The van der Waals surface area contributed by atoms with E-state index in [1.165, 1.54) is 0 Å². The minimum absolute atomic E-state index is 0.136. The Kier molecular flexibility index (Phi) is 9.30. The normalized spacial score (nSPS) is 11.9. The summed E-state index contributed by atoms with van der Waals surface area (Å²) < 4.78 is 2.11. The van der Waals surface area contributed by atoms with Gasteiger partial charge in [0.25, 0.3) is 5.91 Å². The molecule has 8 heteroatoms. The van der Waals surface area contributed by atoms with Crippen LogP contribution in [0, 0.1) is 0 Å². The molecule has 2 N–H and O–H groups in total. The highest BCUT2D eigenvalue weighted by molar-refractivity contribution is 7.80. The van der Waals surface area contributed by atoms with Crippen molar-refractivity contribution in [1.82, 2.24) is 14.9 Å². The second-order valence-corrected chi connectivity index (χ2v) is 11.1. The molecule has 5 aromatic rings. The summed E-state index contributed by atoms with van der Waals surface area (Å²) in [7, 11) is 0. The lowest BCUT2D eigenvalue weighted by molar-refractivity contribution is 0.0697. The van der Waals surface area contributed by atoms with Crippen LogP contribution in [0.2, 0.25) is 5.02 Å². The molecule has 0 radical (unpaired) electrons. The van der Waals surface area contributed by atoms with Crippen LogP contribution in [0.25, 0.3) is 22.2 Å². The van der Waals surface area contributed by atoms with E-state index in [1.54, 1.807) is 18.2 Å². The van der Waals surface area contributed by atoms with Crippen LogP contribution in [0.1, 0.15) is 51.0 Å². The molecule has 0 fully saturated rings. The molecular formula is C34H32ClN3O3S. The Bertz CT molecular complexity index is 1720. The second-order valence-electron chi connectivity index (χ2n) is 10.3. The van der Waals surface area contributed by atoms with Gasteiger partial charge in [-0.3, -0.25) is 4.79 Å². The Labute approximate surface area is 255 Å². The quantitative estimate of drug-likeness (QED) is 0.139. The topological polar surface area (TPSA) is 84.2 Å². The van der Waals surface area contributed by atoms with Crippen LogP contribution >= 0.6 is 24.2 Å². The molecule has 1 heterocycles. The third-order valence-corrected chi connectivity index (χ3v) is 7.99. The van der Waals surface area contributed by atoms with Gasteiger partial charge in [-0.1, -0.05) is 91.3 Å². The summed E-state index contributed by atoms with van der Waals surface area (Å²) in [6, 6.07) is 28.3. The summed E-state index contributed by atoms with van der Waals surface area (Å²) in [4.78, 5) is 29.9. The van der Waals surface area contributed by atoms with Crippen molar-refractivity contribution in [2.24, 2.45) is 0 Å². The number of rotatable bonds is 11. The molecule has 0 spiro atoms. The predicted molar refractivity (Wildman–Crippen MR) is 172 cm³/mol. The number of carbonyl (C=O) groups is 2. The van der Waals surface area contributed by atoms with Crippen LogP contribution in [-0.2, 0) is 19.4 Å². The number of amides is 1. The number of carbonyl (C=O) groups excluding carboxylic acids is 1. The maximum absolute atomic E-state index is 13.4. The summed E-state index contributed by atoms with van der Waals surface area (Å²) in [5.74, 6) is 0.230. The highest BCUT2D eigenvalue weighted by Crippen LogP contribution is 2.29. The zero-order chi connectivity index (χ0) is 29.6. The number of halogens is 1. The molecule has 0 saturated heterocycles. The van der Waals surface area contributed by atoms with Crippen molar-refractivity contribution >= 4 is 47.1 Å². The Morgan fingerprint density at radius 3 is 2.38 bits per heavy atom. The van der Waals surface area contributed by atoms with Gasteiger partial charge in [0.2, 0.25) is 0 Å². The first-order valence-electron chi connectivity index (χ1n) is 13.9. The maximum atomic E-state index is 13.4. The molecule has 4 aromatic carbocycles. The first-order chi connectivity index (χ1) is 20.4. The Morgan fingerprint density at radius 1 is 0.976 bits per heavy atom. The fourth-order valence-corrected chi connectivity index (χ4v) is 5.65. The van der Waals surface area contributed by atoms with Crippen molar-refractivity contribution in [3.8, 4) is 11.1 Å². The number of aromatic carboxylic acids is 1. The monoisotopic (exact) mass is 597 g/mol. The van der Waals surface area contributed by atoms with Crippen molar-refractivity contribution in [1.29, 1.82) is 0 Å². The fraction of sp³-hybridized carbons (Fsp3) is 0.206. The van der Waals surface area contributed by atoms with Crippen LogP contribution in [0.5, 0.6) is 0 Å². The van der Waals surface area contributed by atoms with Crippen LogP contribution in [0.4, 0.5) is 0 Å². The molecule has 0 bridgehead atoms. The third kappa shape index (κ3) is 6.53. The van der Waals surface area contributed by atoms with Gasteiger partial charge >= 0.3 is 5.97 Å². The van der Waals surface area contributed by atoms with Gasteiger partial charge < -0.3 is 15.0 Å². The molecule has 5 rings (SSSR count). The van der Waals surface area contributed by atoms with Gasteiger partial charge in [0.1, 0.15) is 11.3 Å². The number of nitrogens with zero attached hydrogens (tertiary/aromatic N) is 2. The van der Waals surface area contributed by atoms with Gasteiger partial charge in [0, 0.05) is 30.3 Å². The zero-order valence-corrected chi connectivity index (χ0v) is 24.9. The maximum Gasteiger partial charge on any atom is 0.336 e. The van der Waals surface area contributed by atoms with Crippen molar-refractivity contribution in [2.75, 3.05) is 5.75 Å². The summed E-state index contributed by atoms with van der Waals surface area (Å²) in [5, 5.41) is 13.1. The minimum Gasteiger partial charge on any atom is -0.478 e. The standard InChI is InChI=1S/C34H32ClN3O3S/c1-2-8-31-37-32-29(35)18-25(33(39)36-26(21-42)17-22-9-4-3-5-10-22)19-30(32)38(31)20-23-13-15-24(16-14-23)27-11-6-7-12-28(27)34(40)41/h3-7,9-16,18-19,26,42H,2,8,17,20-21H2,1H3,(H,36,39)(H,40,41)/t26-/m1/s1. The number of imidazole rings is 1. The fourth-order valence-electron chi connectivity index (χ4n) is 5.17. The largest absolute Gasteiger partial charge is 0.478 e. The average Bonchev–Trinajstić information content (AvgIpc) is 3.35. The lowest BCUT2D eigenvalue weighted by Crippen LogP contribution is -2.37. The molecular weight excluding hydrogens is 566 g/mol. The average molecular weight is 598 g/mol. The summed E-state index contributed by atoms with van der Waals surface area (Å²) >= 11 is 11.2. The van der Waals surface area contributed by atoms with E-state index < -0.39 is 5.97 Å². The first-order valence-corrected chi connectivity index (χ1v) is 14.9. The molecule has 0 saturated carbocycles. The van der Waals surface area contributed by atoms with E-state index in [0.717, 1.165) is 40.9 Å². The number of aromatic nitrogens is 2. The van der Waals surface area contributed by atoms with E-state index in [1.807, 2.05) is 72.8 Å². The van der Waals surface area contributed by atoms with E-state index in [4.69, 9.17) is 16.6 Å². The first kappa shape index (κ1) is 29.4. The van der Waals surface area contributed by atoms with Gasteiger partial charge in [0.05, 0.1) is 16.1 Å².